The zero-order chi connectivity index (χ0) is 22.0. The van der Waals surface area contributed by atoms with Crippen molar-refractivity contribution < 1.29 is 0 Å². The van der Waals surface area contributed by atoms with Gasteiger partial charge in [-0.2, -0.15) is 10.5 Å². The van der Waals surface area contributed by atoms with E-state index in [1.165, 1.54) is 6.33 Å². The highest BCUT2D eigenvalue weighted by Crippen LogP contribution is 2.43. The van der Waals surface area contributed by atoms with Gasteiger partial charge in [-0.25, -0.2) is 4.98 Å². The quantitative estimate of drug-likeness (QED) is 0.504. The Morgan fingerprint density at radius 2 is 1.73 bits per heavy atom. The molecule has 0 fully saturated rings. The number of anilines is 3. The minimum atomic E-state index is -0.298. The van der Waals surface area contributed by atoms with Crippen LogP contribution in [0.4, 0.5) is 17.1 Å². The molecule has 2 N–H and O–H groups in total. The molecule has 0 radical (unpaired) electrons. The summed E-state index contributed by atoms with van der Waals surface area (Å²) in [6.45, 7) is 5.40. The summed E-state index contributed by atoms with van der Waals surface area (Å²) in [7, 11) is 0. The number of aromatic nitrogens is 2. The molecule has 152 valence electrons. The molecule has 0 aliphatic carbocycles. The molecule has 10 heteroatoms. The number of benzene rings is 2. The SMILES string of the molecule is CCN(CC)c1ccc(Nc2c(Cl)c(Cl)c(C#N)c(Cl)c2C#N)c2nc[nH]c(=O)c12. The van der Waals surface area contributed by atoms with Crippen molar-refractivity contribution in [2.24, 2.45) is 0 Å². The number of rotatable bonds is 5. The molecule has 0 amide bonds. The lowest BCUT2D eigenvalue weighted by Crippen LogP contribution is -2.24. The number of H-pyrrole nitrogens is 1. The Labute approximate surface area is 187 Å². The molecule has 3 rings (SSSR count). The summed E-state index contributed by atoms with van der Waals surface area (Å²) >= 11 is 18.7. The number of nitrogens with zero attached hydrogens (tertiary/aromatic N) is 4. The van der Waals surface area contributed by atoms with Gasteiger partial charge in [0.25, 0.3) is 5.56 Å². The fourth-order valence-corrected chi connectivity index (χ4v) is 4.00. The van der Waals surface area contributed by atoms with E-state index < -0.39 is 0 Å². The van der Waals surface area contributed by atoms with Crippen molar-refractivity contribution in [2.75, 3.05) is 23.3 Å². The van der Waals surface area contributed by atoms with E-state index in [0.29, 0.717) is 29.7 Å². The number of hydrogen-bond acceptors (Lipinski definition) is 6. The number of nitriles is 2. The Morgan fingerprint density at radius 1 is 1.07 bits per heavy atom. The molecule has 0 saturated carbocycles. The lowest BCUT2D eigenvalue weighted by molar-refractivity contribution is 0.869. The molecule has 0 aliphatic rings. The predicted octanol–water partition coefficient (Wildman–Crippen LogP) is 5.22. The second-order valence-corrected chi connectivity index (χ2v) is 7.31. The van der Waals surface area contributed by atoms with Gasteiger partial charge in [0.1, 0.15) is 17.7 Å². The smallest absolute Gasteiger partial charge is 0.260 e. The molecule has 0 bridgehead atoms. The van der Waals surface area contributed by atoms with E-state index in [1.54, 1.807) is 12.1 Å². The first kappa shape index (κ1) is 21.7. The highest BCUT2D eigenvalue weighted by molar-refractivity contribution is 6.46. The van der Waals surface area contributed by atoms with Crippen molar-refractivity contribution in [1.29, 1.82) is 10.5 Å². The van der Waals surface area contributed by atoms with E-state index in [0.717, 1.165) is 5.69 Å². The van der Waals surface area contributed by atoms with Crippen molar-refractivity contribution in [3.63, 3.8) is 0 Å². The summed E-state index contributed by atoms with van der Waals surface area (Å²) in [5.74, 6) is 0. The Hall–Kier alpha value is -2.97. The molecular weight excluding hydrogens is 447 g/mol. The molecule has 0 saturated heterocycles. The van der Waals surface area contributed by atoms with Crippen LogP contribution in [0.5, 0.6) is 0 Å². The minimum absolute atomic E-state index is 0.0278. The highest BCUT2D eigenvalue weighted by Gasteiger charge is 2.23. The minimum Gasteiger partial charge on any atom is -0.371 e. The van der Waals surface area contributed by atoms with Crippen LogP contribution >= 0.6 is 34.8 Å². The highest BCUT2D eigenvalue weighted by atomic mass is 35.5. The molecule has 30 heavy (non-hydrogen) atoms. The summed E-state index contributed by atoms with van der Waals surface area (Å²) in [5, 5.41) is 22.1. The standard InChI is InChI=1S/C20H15Cl3N6O/c1-3-29(4-2)13-6-5-12(19-14(13)20(30)27-9-26-19)28-18-11(8-25)15(21)10(7-24)16(22)17(18)23/h5-6,9,28H,3-4H2,1-2H3,(H,26,27,30). The van der Waals surface area contributed by atoms with Crippen LogP contribution in [-0.4, -0.2) is 23.1 Å². The summed E-state index contributed by atoms with van der Waals surface area (Å²) in [6, 6.07) is 7.33. The van der Waals surface area contributed by atoms with Crippen molar-refractivity contribution in [1.82, 2.24) is 9.97 Å². The van der Waals surface area contributed by atoms with Crippen LogP contribution in [0.2, 0.25) is 15.1 Å². The van der Waals surface area contributed by atoms with Gasteiger partial charge in [0, 0.05) is 13.1 Å². The van der Waals surface area contributed by atoms with Crippen LogP contribution < -0.4 is 15.8 Å². The third-order valence-electron chi connectivity index (χ3n) is 4.68. The van der Waals surface area contributed by atoms with Gasteiger partial charge in [0.2, 0.25) is 0 Å². The van der Waals surface area contributed by atoms with Crippen LogP contribution in [0.15, 0.2) is 23.3 Å². The fourth-order valence-electron chi connectivity index (χ4n) is 3.21. The zero-order valence-electron chi connectivity index (χ0n) is 16.0. The van der Waals surface area contributed by atoms with Crippen molar-refractivity contribution >= 4 is 62.8 Å². The maximum absolute atomic E-state index is 12.6. The third kappa shape index (κ3) is 3.53. The molecule has 1 aromatic heterocycles. The number of fused-ring (bicyclic) bond motifs is 1. The van der Waals surface area contributed by atoms with Gasteiger partial charge in [0.05, 0.1) is 55.0 Å². The first-order valence-corrected chi connectivity index (χ1v) is 10.1. The molecular formula is C20H15Cl3N6O. The molecule has 0 spiro atoms. The van der Waals surface area contributed by atoms with Crippen LogP contribution in [0, 0.1) is 22.7 Å². The van der Waals surface area contributed by atoms with Crippen molar-refractivity contribution in [3.8, 4) is 12.1 Å². The molecule has 7 nitrogen and oxygen atoms in total. The van der Waals surface area contributed by atoms with Gasteiger partial charge in [-0.3, -0.25) is 4.79 Å². The van der Waals surface area contributed by atoms with E-state index >= 15 is 0 Å². The Morgan fingerprint density at radius 3 is 2.33 bits per heavy atom. The van der Waals surface area contributed by atoms with E-state index in [9.17, 15) is 15.3 Å². The van der Waals surface area contributed by atoms with E-state index in [4.69, 9.17) is 34.8 Å². The Bertz CT molecular complexity index is 1290. The molecule has 0 aliphatic heterocycles. The maximum Gasteiger partial charge on any atom is 0.260 e. The summed E-state index contributed by atoms with van der Waals surface area (Å²) in [5.41, 5.74) is 1.27. The first-order valence-electron chi connectivity index (χ1n) is 8.92. The summed E-state index contributed by atoms with van der Waals surface area (Å²) in [6.07, 6.45) is 1.30. The lowest BCUT2D eigenvalue weighted by Gasteiger charge is -2.23. The van der Waals surface area contributed by atoms with Gasteiger partial charge in [0.15, 0.2) is 0 Å². The topological polar surface area (TPSA) is 109 Å². The third-order valence-corrected chi connectivity index (χ3v) is 5.91. The second kappa shape index (κ2) is 8.81. The van der Waals surface area contributed by atoms with Crippen LogP contribution in [-0.2, 0) is 0 Å². The van der Waals surface area contributed by atoms with Gasteiger partial charge >= 0.3 is 0 Å². The average Bonchev–Trinajstić information content (AvgIpc) is 2.74. The monoisotopic (exact) mass is 460 g/mol. The molecule has 0 atom stereocenters. The number of hydrogen-bond donors (Lipinski definition) is 2. The number of aromatic amines is 1. The lowest BCUT2D eigenvalue weighted by atomic mass is 10.1. The van der Waals surface area contributed by atoms with Gasteiger partial charge in [-0.15, -0.1) is 0 Å². The largest absolute Gasteiger partial charge is 0.371 e. The molecule has 0 unspecified atom stereocenters. The fraction of sp³-hybridized carbons (Fsp3) is 0.200. The maximum atomic E-state index is 12.6. The predicted molar refractivity (Wildman–Crippen MR) is 120 cm³/mol. The Kier molecular flexibility index (Phi) is 6.38. The summed E-state index contributed by atoms with van der Waals surface area (Å²) in [4.78, 5) is 21.6. The summed E-state index contributed by atoms with van der Waals surface area (Å²) < 4.78 is 0. The molecule has 2 aromatic carbocycles. The normalized spacial score (nSPS) is 10.5. The van der Waals surface area contributed by atoms with Crippen molar-refractivity contribution in [3.05, 3.63) is 55.0 Å². The molecule has 1 heterocycles. The molecule has 3 aromatic rings. The zero-order valence-corrected chi connectivity index (χ0v) is 18.2. The number of halogens is 3. The van der Waals surface area contributed by atoms with Crippen molar-refractivity contribution in [2.45, 2.75) is 13.8 Å². The van der Waals surface area contributed by atoms with Gasteiger partial charge < -0.3 is 15.2 Å². The van der Waals surface area contributed by atoms with E-state index in [-0.39, 0.29) is 37.4 Å². The van der Waals surface area contributed by atoms with Crippen LogP contribution in [0.1, 0.15) is 25.0 Å². The first-order chi connectivity index (χ1) is 14.4. The Balaban J connectivity index is 2.29. The van der Waals surface area contributed by atoms with Gasteiger partial charge in [-0.1, -0.05) is 34.8 Å². The second-order valence-electron chi connectivity index (χ2n) is 6.18. The van der Waals surface area contributed by atoms with Crippen LogP contribution in [0.3, 0.4) is 0 Å². The van der Waals surface area contributed by atoms with E-state index in [2.05, 4.69) is 15.3 Å². The van der Waals surface area contributed by atoms with E-state index in [1.807, 2.05) is 30.9 Å². The van der Waals surface area contributed by atoms with Crippen LogP contribution in [0.25, 0.3) is 10.9 Å². The van der Waals surface area contributed by atoms with Gasteiger partial charge in [-0.05, 0) is 26.0 Å². The number of nitrogens with one attached hydrogen (secondary N) is 2. The average molecular weight is 462 g/mol.